The molecule has 0 unspecified atom stereocenters. The molecule has 0 aliphatic heterocycles. The van der Waals surface area contributed by atoms with Crippen molar-refractivity contribution in [2.24, 2.45) is 0 Å². The van der Waals surface area contributed by atoms with E-state index < -0.39 is 28.7 Å². The molecule has 11 heteroatoms. The summed E-state index contributed by atoms with van der Waals surface area (Å²) in [5.74, 6) is -2.50. The van der Waals surface area contributed by atoms with Crippen molar-refractivity contribution in [2.45, 2.75) is 20.4 Å². The van der Waals surface area contributed by atoms with Crippen LogP contribution in [-0.2, 0) is 20.9 Å². The predicted molar refractivity (Wildman–Crippen MR) is 130 cm³/mol. The molecule has 0 saturated heterocycles. The maximum absolute atomic E-state index is 13.8. The average molecular weight is 506 g/mol. The van der Waals surface area contributed by atoms with Crippen LogP contribution in [0.25, 0.3) is 0 Å². The molecule has 0 spiro atoms. The van der Waals surface area contributed by atoms with Gasteiger partial charge in [-0.25, -0.2) is 4.79 Å². The zero-order valence-electron chi connectivity index (χ0n) is 20.1. The van der Waals surface area contributed by atoms with Crippen molar-refractivity contribution in [3.8, 4) is 11.5 Å². The highest BCUT2D eigenvalue weighted by molar-refractivity contribution is 6.08. The highest BCUT2D eigenvalue weighted by Gasteiger charge is 2.24. The minimum Gasteiger partial charge on any atom is -0.465 e. The highest BCUT2D eigenvalue weighted by Crippen LogP contribution is 2.30. The van der Waals surface area contributed by atoms with E-state index in [9.17, 15) is 29.3 Å². The predicted octanol–water partition coefficient (Wildman–Crippen LogP) is 4.08. The number of non-ortho nitro benzene ring substituents is 1. The van der Waals surface area contributed by atoms with Crippen LogP contribution in [0.1, 0.15) is 40.1 Å². The summed E-state index contributed by atoms with van der Waals surface area (Å²) in [6.45, 7) is 2.35. The first-order valence-electron chi connectivity index (χ1n) is 10.8. The molecule has 0 radical (unpaired) electrons. The Labute approximate surface area is 211 Å². The molecular formula is C26H22N2O9. The quantitative estimate of drug-likeness (QED) is 0.191. The standard InChI is InChI=1S/C26H22N2O9/c1-16(29)36-22-12-13-23(24(14-22)37-17(2)30)25(31)27(15-18-4-8-21(9-5-18)28(33)34)20-10-6-19(7-11-20)26(32)35-3/h4-14H,15H2,1-3H3. The number of benzene rings is 3. The Morgan fingerprint density at radius 3 is 2.03 bits per heavy atom. The molecule has 3 aromatic rings. The number of rotatable bonds is 8. The summed E-state index contributed by atoms with van der Waals surface area (Å²) < 4.78 is 15.0. The van der Waals surface area contributed by atoms with Crippen LogP contribution in [-0.4, -0.2) is 35.8 Å². The number of esters is 3. The van der Waals surface area contributed by atoms with Crippen molar-refractivity contribution < 1.29 is 38.3 Å². The van der Waals surface area contributed by atoms with Crippen molar-refractivity contribution in [3.05, 3.63) is 93.5 Å². The monoisotopic (exact) mass is 506 g/mol. The minimum absolute atomic E-state index is 0.00921. The van der Waals surface area contributed by atoms with E-state index in [0.717, 1.165) is 6.92 Å². The first kappa shape index (κ1) is 26.5. The smallest absolute Gasteiger partial charge is 0.337 e. The lowest BCUT2D eigenvalue weighted by Gasteiger charge is -2.24. The van der Waals surface area contributed by atoms with Gasteiger partial charge in [-0.05, 0) is 42.0 Å². The molecule has 37 heavy (non-hydrogen) atoms. The Hall–Kier alpha value is -5.06. The van der Waals surface area contributed by atoms with Crippen molar-refractivity contribution in [1.82, 2.24) is 0 Å². The normalized spacial score (nSPS) is 10.2. The number of ether oxygens (including phenoxy) is 3. The van der Waals surface area contributed by atoms with Gasteiger partial charge < -0.3 is 19.1 Å². The fourth-order valence-electron chi connectivity index (χ4n) is 3.37. The van der Waals surface area contributed by atoms with E-state index in [1.807, 2.05) is 0 Å². The van der Waals surface area contributed by atoms with E-state index in [0.29, 0.717) is 11.3 Å². The third kappa shape index (κ3) is 6.75. The molecule has 190 valence electrons. The fourth-order valence-corrected chi connectivity index (χ4v) is 3.37. The molecule has 0 saturated carbocycles. The maximum Gasteiger partial charge on any atom is 0.337 e. The van der Waals surface area contributed by atoms with Gasteiger partial charge in [-0.15, -0.1) is 0 Å². The van der Waals surface area contributed by atoms with Crippen molar-refractivity contribution in [3.63, 3.8) is 0 Å². The Kier molecular flexibility index (Phi) is 8.31. The van der Waals surface area contributed by atoms with Crippen LogP contribution in [0.4, 0.5) is 11.4 Å². The number of amides is 1. The number of methoxy groups -OCH3 is 1. The topological polar surface area (TPSA) is 142 Å². The number of carbonyl (C=O) groups is 4. The van der Waals surface area contributed by atoms with Crippen LogP contribution >= 0.6 is 0 Å². The highest BCUT2D eigenvalue weighted by atomic mass is 16.6. The third-order valence-corrected chi connectivity index (χ3v) is 5.03. The second-order valence-corrected chi connectivity index (χ2v) is 7.70. The summed E-state index contributed by atoms with van der Waals surface area (Å²) in [7, 11) is 1.25. The van der Waals surface area contributed by atoms with Crippen molar-refractivity contribution in [1.29, 1.82) is 0 Å². The zero-order chi connectivity index (χ0) is 27.1. The number of nitrogens with zero attached hydrogens (tertiary/aromatic N) is 2. The summed E-state index contributed by atoms with van der Waals surface area (Å²) in [5.41, 5.74) is 1.10. The molecule has 0 bridgehead atoms. The summed E-state index contributed by atoms with van der Waals surface area (Å²) >= 11 is 0. The number of carbonyl (C=O) groups excluding carboxylic acids is 4. The van der Waals surface area contributed by atoms with Crippen LogP contribution in [0.2, 0.25) is 0 Å². The second kappa shape index (κ2) is 11.6. The van der Waals surface area contributed by atoms with Crippen LogP contribution in [0, 0.1) is 10.1 Å². The molecule has 0 atom stereocenters. The van der Waals surface area contributed by atoms with E-state index in [2.05, 4.69) is 0 Å². The Morgan fingerprint density at radius 2 is 1.49 bits per heavy atom. The van der Waals surface area contributed by atoms with Gasteiger partial charge in [0.15, 0.2) is 0 Å². The molecule has 0 heterocycles. The zero-order valence-corrected chi connectivity index (χ0v) is 20.1. The van der Waals surface area contributed by atoms with Gasteiger partial charge in [-0.2, -0.15) is 0 Å². The van der Waals surface area contributed by atoms with E-state index in [-0.39, 0.29) is 34.9 Å². The summed E-state index contributed by atoms with van der Waals surface area (Å²) in [4.78, 5) is 60.5. The molecule has 1 amide bonds. The average Bonchev–Trinajstić information content (AvgIpc) is 2.86. The van der Waals surface area contributed by atoms with Gasteiger partial charge in [-0.1, -0.05) is 12.1 Å². The lowest BCUT2D eigenvalue weighted by atomic mass is 10.1. The van der Waals surface area contributed by atoms with E-state index >= 15 is 0 Å². The number of hydrogen-bond donors (Lipinski definition) is 0. The molecule has 0 N–H and O–H groups in total. The van der Waals surface area contributed by atoms with Gasteiger partial charge in [0.1, 0.15) is 11.5 Å². The van der Waals surface area contributed by atoms with Crippen LogP contribution in [0.15, 0.2) is 66.7 Å². The van der Waals surface area contributed by atoms with Crippen LogP contribution in [0.5, 0.6) is 11.5 Å². The first-order valence-corrected chi connectivity index (χ1v) is 10.8. The van der Waals surface area contributed by atoms with Crippen molar-refractivity contribution >= 4 is 35.2 Å². The Bertz CT molecular complexity index is 1350. The molecule has 0 fully saturated rings. The number of anilines is 1. The molecule has 0 aliphatic carbocycles. The lowest BCUT2D eigenvalue weighted by Crippen LogP contribution is -2.31. The van der Waals surface area contributed by atoms with Crippen LogP contribution < -0.4 is 14.4 Å². The molecule has 0 aliphatic rings. The summed E-state index contributed by atoms with van der Waals surface area (Å²) in [6, 6.07) is 15.7. The van der Waals surface area contributed by atoms with Gasteiger partial charge in [0.2, 0.25) is 0 Å². The van der Waals surface area contributed by atoms with Gasteiger partial charge >= 0.3 is 17.9 Å². The van der Waals surface area contributed by atoms with E-state index in [1.165, 1.54) is 85.7 Å². The second-order valence-electron chi connectivity index (χ2n) is 7.70. The van der Waals surface area contributed by atoms with Gasteiger partial charge in [0.25, 0.3) is 11.6 Å². The fraction of sp³-hybridized carbons (Fsp3) is 0.154. The van der Waals surface area contributed by atoms with Crippen LogP contribution in [0.3, 0.4) is 0 Å². The SMILES string of the molecule is COC(=O)c1ccc(N(Cc2ccc([N+](=O)[O-])cc2)C(=O)c2ccc(OC(C)=O)cc2OC(C)=O)cc1. The summed E-state index contributed by atoms with van der Waals surface area (Å²) in [6.07, 6.45) is 0. The molecule has 3 aromatic carbocycles. The van der Waals surface area contributed by atoms with Gasteiger partial charge in [0, 0.05) is 37.7 Å². The minimum atomic E-state index is -0.696. The third-order valence-electron chi connectivity index (χ3n) is 5.03. The maximum atomic E-state index is 13.8. The number of hydrogen-bond acceptors (Lipinski definition) is 9. The van der Waals surface area contributed by atoms with E-state index in [4.69, 9.17) is 14.2 Å². The molecule has 0 aromatic heterocycles. The largest absolute Gasteiger partial charge is 0.465 e. The number of nitro groups is 1. The Balaban J connectivity index is 2.06. The first-order chi connectivity index (χ1) is 17.6. The van der Waals surface area contributed by atoms with Gasteiger partial charge in [-0.3, -0.25) is 24.5 Å². The Morgan fingerprint density at radius 1 is 0.865 bits per heavy atom. The molecular weight excluding hydrogens is 484 g/mol. The lowest BCUT2D eigenvalue weighted by molar-refractivity contribution is -0.384. The van der Waals surface area contributed by atoms with E-state index in [1.54, 1.807) is 0 Å². The van der Waals surface area contributed by atoms with Crippen molar-refractivity contribution in [2.75, 3.05) is 12.0 Å². The van der Waals surface area contributed by atoms with Gasteiger partial charge in [0.05, 0.1) is 29.7 Å². The molecule has 11 nitrogen and oxygen atoms in total. The molecule has 3 rings (SSSR count). The summed E-state index contributed by atoms with van der Waals surface area (Å²) in [5, 5.41) is 11.0. The number of nitro benzene ring substituents is 1.